The van der Waals surface area contributed by atoms with Gasteiger partial charge in [0.1, 0.15) is 0 Å². The minimum atomic E-state index is 0.344. The van der Waals surface area contributed by atoms with E-state index in [0.29, 0.717) is 21.3 Å². The van der Waals surface area contributed by atoms with Gasteiger partial charge in [0, 0.05) is 21.3 Å². The molecule has 0 aliphatic heterocycles. The molecule has 4 heteroatoms. The highest BCUT2D eigenvalue weighted by atomic mass is 35.5. The summed E-state index contributed by atoms with van der Waals surface area (Å²) in [4.78, 5) is 3.05. The zero-order valence-corrected chi connectivity index (χ0v) is 8.10. The van der Waals surface area contributed by atoms with E-state index < -0.39 is 0 Å². The highest BCUT2D eigenvalue weighted by molar-refractivity contribution is 6.35. The molecule has 1 aromatic carbocycles. The molecule has 0 spiro atoms. The van der Waals surface area contributed by atoms with Crippen molar-refractivity contribution in [2.75, 3.05) is 0 Å². The Hall–Kier alpha value is -1.17. The summed E-state index contributed by atoms with van der Waals surface area (Å²) in [5.74, 6) is 0. The zero-order valence-electron chi connectivity index (χ0n) is 6.59. The fraction of sp³-hybridized carbons (Fsp3) is 0. The fourth-order valence-electron chi connectivity index (χ4n) is 0.863. The normalized spacial score (nSPS) is 11.0. The molecule has 0 unspecified atom stereocenters. The molecule has 0 aliphatic carbocycles. The van der Waals surface area contributed by atoms with Gasteiger partial charge >= 0.3 is 0 Å². The van der Waals surface area contributed by atoms with Gasteiger partial charge < -0.3 is 5.73 Å². The van der Waals surface area contributed by atoms with Gasteiger partial charge in [-0.05, 0) is 12.1 Å². The van der Waals surface area contributed by atoms with E-state index in [4.69, 9.17) is 35.5 Å². The average Bonchev–Trinajstić information content (AvgIpc) is 2.04. The fourth-order valence-corrected chi connectivity index (χ4v) is 1.38. The predicted octanol–water partition coefficient (Wildman–Crippen LogP) is 3.17. The van der Waals surface area contributed by atoms with Crippen molar-refractivity contribution in [1.29, 1.82) is 0 Å². The van der Waals surface area contributed by atoms with Gasteiger partial charge in [-0.15, -0.1) is 0 Å². The molecule has 0 saturated heterocycles. The van der Waals surface area contributed by atoms with Crippen LogP contribution in [0, 0.1) is 6.57 Å². The van der Waals surface area contributed by atoms with E-state index in [2.05, 4.69) is 4.85 Å². The minimum absolute atomic E-state index is 0.344. The molecular formula is C9H6Cl2N2. The summed E-state index contributed by atoms with van der Waals surface area (Å²) in [6.45, 7) is 6.59. The minimum Gasteiger partial charge on any atom is -0.407 e. The van der Waals surface area contributed by atoms with Crippen molar-refractivity contribution >= 4 is 28.9 Å². The Morgan fingerprint density at radius 1 is 1.46 bits per heavy atom. The number of nitrogens with two attached hydrogens (primary N) is 1. The van der Waals surface area contributed by atoms with Crippen LogP contribution < -0.4 is 5.73 Å². The van der Waals surface area contributed by atoms with Crippen LogP contribution in [-0.2, 0) is 0 Å². The molecule has 0 aliphatic rings. The van der Waals surface area contributed by atoms with E-state index in [1.165, 1.54) is 6.20 Å². The van der Waals surface area contributed by atoms with Gasteiger partial charge in [0.25, 0.3) is 0 Å². The van der Waals surface area contributed by atoms with Gasteiger partial charge in [-0.2, -0.15) is 0 Å². The second-order valence-corrected chi connectivity index (χ2v) is 3.18. The summed E-state index contributed by atoms with van der Waals surface area (Å²) in [5, 5.41) is 0.995. The van der Waals surface area contributed by atoms with E-state index >= 15 is 0 Å². The van der Waals surface area contributed by atoms with Crippen LogP contribution in [0.1, 0.15) is 5.56 Å². The lowest BCUT2D eigenvalue weighted by Gasteiger charge is -2.03. The van der Waals surface area contributed by atoms with Gasteiger partial charge in [-0.1, -0.05) is 29.3 Å². The molecule has 0 atom stereocenters. The third-order valence-electron chi connectivity index (χ3n) is 1.45. The maximum atomic E-state index is 6.59. The van der Waals surface area contributed by atoms with Crippen LogP contribution in [0.3, 0.4) is 0 Å². The molecule has 66 valence electrons. The van der Waals surface area contributed by atoms with Crippen molar-refractivity contribution in [2.45, 2.75) is 0 Å². The Bertz CT molecular complexity index is 391. The summed E-state index contributed by atoms with van der Waals surface area (Å²) in [5.41, 5.74) is 6.55. The maximum Gasteiger partial charge on any atom is 0.176 e. The first-order valence-corrected chi connectivity index (χ1v) is 4.18. The summed E-state index contributed by atoms with van der Waals surface area (Å²) in [6.07, 6.45) is 1.22. The second kappa shape index (κ2) is 4.18. The number of hydrogen-bond acceptors (Lipinski definition) is 1. The Labute approximate surface area is 86.4 Å². The van der Waals surface area contributed by atoms with Crippen LogP contribution in [-0.4, -0.2) is 0 Å². The number of hydrogen-bond donors (Lipinski definition) is 1. The molecular weight excluding hydrogens is 207 g/mol. The molecule has 0 amide bonds. The first kappa shape index (κ1) is 9.91. The quantitative estimate of drug-likeness (QED) is 0.713. The standard InChI is InChI=1S/C9H6Cl2N2/c1-13-5-9(12)7-3-2-6(10)4-8(7)11/h2-5H,12H2/b9-5-. The second-order valence-electron chi connectivity index (χ2n) is 2.34. The van der Waals surface area contributed by atoms with Gasteiger partial charge in [-0.25, -0.2) is 4.85 Å². The molecule has 0 bridgehead atoms. The highest BCUT2D eigenvalue weighted by Crippen LogP contribution is 2.24. The molecule has 2 nitrogen and oxygen atoms in total. The van der Waals surface area contributed by atoms with E-state index in [1.54, 1.807) is 18.2 Å². The number of nitrogens with zero attached hydrogens (tertiary/aromatic N) is 1. The Morgan fingerprint density at radius 2 is 2.15 bits per heavy atom. The first-order valence-electron chi connectivity index (χ1n) is 3.43. The SMILES string of the molecule is [C-]#[N+]/C=C(\N)c1ccc(Cl)cc1Cl. The lowest BCUT2D eigenvalue weighted by atomic mass is 10.2. The summed E-state index contributed by atoms with van der Waals surface area (Å²) >= 11 is 11.5. The lowest BCUT2D eigenvalue weighted by molar-refractivity contribution is 1.51. The Kier molecular flexibility index (Phi) is 3.18. The number of benzene rings is 1. The zero-order chi connectivity index (χ0) is 9.84. The third-order valence-corrected chi connectivity index (χ3v) is 1.99. The van der Waals surface area contributed by atoms with Crippen LogP contribution >= 0.6 is 23.2 Å². The van der Waals surface area contributed by atoms with Crippen molar-refractivity contribution in [3.05, 3.63) is 51.4 Å². The van der Waals surface area contributed by atoms with Gasteiger partial charge in [0.05, 0.1) is 6.57 Å². The molecule has 0 fully saturated rings. The van der Waals surface area contributed by atoms with E-state index in [0.717, 1.165) is 0 Å². The third kappa shape index (κ3) is 2.38. The van der Waals surface area contributed by atoms with Crippen LogP contribution in [0.5, 0.6) is 0 Å². The molecule has 1 rings (SSSR count). The lowest BCUT2D eigenvalue weighted by Crippen LogP contribution is -1.95. The molecule has 0 radical (unpaired) electrons. The van der Waals surface area contributed by atoms with Gasteiger partial charge in [0.2, 0.25) is 0 Å². The van der Waals surface area contributed by atoms with E-state index in [9.17, 15) is 0 Å². The molecule has 0 heterocycles. The van der Waals surface area contributed by atoms with Crippen molar-refractivity contribution < 1.29 is 0 Å². The van der Waals surface area contributed by atoms with Crippen molar-refractivity contribution in [1.82, 2.24) is 0 Å². The highest BCUT2D eigenvalue weighted by Gasteiger charge is 2.02. The smallest absolute Gasteiger partial charge is 0.176 e. The molecule has 0 aromatic heterocycles. The first-order chi connectivity index (χ1) is 6.15. The molecule has 1 aromatic rings. The topological polar surface area (TPSA) is 30.4 Å². The van der Waals surface area contributed by atoms with Crippen LogP contribution in [0.25, 0.3) is 10.5 Å². The van der Waals surface area contributed by atoms with Gasteiger partial charge in [0.15, 0.2) is 6.20 Å². The number of rotatable bonds is 1. The summed E-state index contributed by atoms with van der Waals surface area (Å²) in [7, 11) is 0. The summed E-state index contributed by atoms with van der Waals surface area (Å²) in [6, 6.07) is 4.94. The van der Waals surface area contributed by atoms with Crippen molar-refractivity contribution in [3.63, 3.8) is 0 Å². The van der Waals surface area contributed by atoms with Gasteiger partial charge in [-0.3, -0.25) is 0 Å². The van der Waals surface area contributed by atoms with Crippen molar-refractivity contribution in [2.24, 2.45) is 5.73 Å². The summed E-state index contributed by atoms with van der Waals surface area (Å²) < 4.78 is 0. The average molecular weight is 213 g/mol. The largest absolute Gasteiger partial charge is 0.407 e. The van der Waals surface area contributed by atoms with Crippen LogP contribution in [0.2, 0.25) is 10.0 Å². The Morgan fingerprint density at radius 3 is 2.69 bits per heavy atom. The van der Waals surface area contributed by atoms with E-state index in [-0.39, 0.29) is 0 Å². The molecule has 2 N–H and O–H groups in total. The molecule has 0 saturated carbocycles. The monoisotopic (exact) mass is 212 g/mol. The van der Waals surface area contributed by atoms with Crippen molar-refractivity contribution in [3.8, 4) is 0 Å². The maximum absolute atomic E-state index is 6.59. The Balaban J connectivity index is 3.18. The molecule has 13 heavy (non-hydrogen) atoms. The predicted molar refractivity (Wildman–Crippen MR) is 55.2 cm³/mol. The number of halogens is 2. The van der Waals surface area contributed by atoms with Crippen LogP contribution in [0.4, 0.5) is 0 Å². The van der Waals surface area contributed by atoms with E-state index in [1.807, 2.05) is 0 Å². The van der Waals surface area contributed by atoms with Crippen LogP contribution in [0.15, 0.2) is 24.4 Å².